The molecule has 5 heteroatoms. The Labute approximate surface area is 114 Å². The molecule has 0 atom stereocenters. The number of aryl methyl sites for hydroxylation is 1. The highest BCUT2D eigenvalue weighted by molar-refractivity contribution is 7.90. The Balaban J connectivity index is 2.34. The van der Waals surface area contributed by atoms with Crippen molar-refractivity contribution in [1.82, 2.24) is 8.96 Å². The summed E-state index contributed by atoms with van der Waals surface area (Å²) >= 11 is 0. The molecule has 0 saturated carbocycles. The van der Waals surface area contributed by atoms with E-state index in [-0.39, 0.29) is 4.90 Å². The fourth-order valence-electron chi connectivity index (χ4n) is 1.83. The lowest BCUT2D eigenvalue weighted by Gasteiger charge is -2.05. The first-order chi connectivity index (χ1) is 8.89. The summed E-state index contributed by atoms with van der Waals surface area (Å²) in [6.07, 6.45) is 3.73. The number of nitrogens with zero attached hydrogens (tertiary/aromatic N) is 2. The van der Waals surface area contributed by atoms with E-state index in [1.54, 1.807) is 30.5 Å². The summed E-state index contributed by atoms with van der Waals surface area (Å²) in [5, 5.41) is 0. The van der Waals surface area contributed by atoms with Crippen molar-refractivity contribution in [3.05, 3.63) is 48.0 Å². The molecule has 4 nitrogen and oxygen atoms in total. The molecule has 0 bridgehead atoms. The maximum absolute atomic E-state index is 12.4. The highest BCUT2D eigenvalue weighted by Gasteiger charge is 2.17. The smallest absolute Gasteiger partial charge is 0.241 e. The summed E-state index contributed by atoms with van der Waals surface area (Å²) in [5.74, 6) is 0.449. The Bertz CT molecular complexity index is 655. The van der Waals surface area contributed by atoms with Gasteiger partial charge in [0.25, 0.3) is 10.0 Å². The first kappa shape index (κ1) is 13.8. The van der Waals surface area contributed by atoms with Gasteiger partial charge in [0.1, 0.15) is 6.33 Å². The third-order valence-electron chi connectivity index (χ3n) is 2.83. The molecule has 102 valence electrons. The molecule has 0 amide bonds. The zero-order chi connectivity index (χ0) is 14.0. The average Bonchev–Trinajstić information content (AvgIpc) is 2.78. The second kappa shape index (κ2) is 5.17. The van der Waals surface area contributed by atoms with Crippen molar-refractivity contribution in [3.63, 3.8) is 0 Å². The summed E-state index contributed by atoms with van der Waals surface area (Å²) in [4.78, 5) is 4.43. The molecule has 0 aliphatic rings. The van der Waals surface area contributed by atoms with E-state index >= 15 is 0 Å². The highest BCUT2D eigenvalue weighted by atomic mass is 32.2. The largest absolute Gasteiger partial charge is 0.268 e. The monoisotopic (exact) mass is 278 g/mol. The molecule has 0 N–H and O–H groups in total. The first-order valence-electron chi connectivity index (χ1n) is 6.24. The van der Waals surface area contributed by atoms with Crippen LogP contribution in [0.4, 0.5) is 0 Å². The van der Waals surface area contributed by atoms with E-state index in [9.17, 15) is 8.42 Å². The van der Waals surface area contributed by atoms with Crippen molar-refractivity contribution in [2.75, 3.05) is 0 Å². The van der Waals surface area contributed by atoms with Gasteiger partial charge in [-0.05, 0) is 31.4 Å². The van der Waals surface area contributed by atoms with E-state index in [1.807, 2.05) is 6.92 Å². The van der Waals surface area contributed by atoms with E-state index in [0.29, 0.717) is 5.92 Å². The highest BCUT2D eigenvalue weighted by Crippen LogP contribution is 2.15. The van der Waals surface area contributed by atoms with Crippen molar-refractivity contribution >= 4 is 10.0 Å². The normalized spacial score (nSPS) is 12.0. The second-order valence-electron chi connectivity index (χ2n) is 5.11. The summed E-state index contributed by atoms with van der Waals surface area (Å²) in [5.41, 5.74) is 1.83. The van der Waals surface area contributed by atoms with Gasteiger partial charge in [-0.15, -0.1) is 0 Å². The zero-order valence-electron chi connectivity index (χ0n) is 11.4. The van der Waals surface area contributed by atoms with Gasteiger partial charge in [-0.3, -0.25) is 0 Å². The van der Waals surface area contributed by atoms with Gasteiger partial charge >= 0.3 is 0 Å². The van der Waals surface area contributed by atoms with Crippen LogP contribution < -0.4 is 0 Å². The SMILES string of the molecule is Cc1ccc(S(=O)(=O)n2cnc(CC(C)C)c2)cc1. The Morgan fingerprint density at radius 2 is 1.84 bits per heavy atom. The van der Waals surface area contributed by atoms with Crippen molar-refractivity contribution in [2.45, 2.75) is 32.1 Å². The van der Waals surface area contributed by atoms with Crippen LogP contribution in [0.1, 0.15) is 25.1 Å². The molecular formula is C14H18N2O2S. The first-order valence-corrected chi connectivity index (χ1v) is 7.68. The van der Waals surface area contributed by atoms with E-state index < -0.39 is 10.0 Å². The number of aromatic nitrogens is 2. The molecule has 0 fully saturated rings. The lowest BCUT2D eigenvalue weighted by atomic mass is 10.1. The summed E-state index contributed by atoms with van der Waals surface area (Å²) in [7, 11) is -3.52. The minimum absolute atomic E-state index is 0.284. The minimum atomic E-state index is -3.52. The van der Waals surface area contributed by atoms with Gasteiger partial charge in [-0.25, -0.2) is 17.4 Å². The van der Waals surface area contributed by atoms with Crippen molar-refractivity contribution in [1.29, 1.82) is 0 Å². The average molecular weight is 278 g/mol. The summed E-state index contributed by atoms with van der Waals surface area (Å²) in [6, 6.07) is 6.82. The van der Waals surface area contributed by atoms with Crippen LogP contribution in [0.5, 0.6) is 0 Å². The predicted octanol–water partition coefficient (Wildman–Crippen LogP) is 2.63. The van der Waals surface area contributed by atoms with Gasteiger partial charge in [-0.2, -0.15) is 0 Å². The third-order valence-corrected chi connectivity index (χ3v) is 4.45. The number of imidazole rings is 1. The Morgan fingerprint density at radius 1 is 1.21 bits per heavy atom. The van der Waals surface area contributed by atoms with Gasteiger partial charge < -0.3 is 0 Å². The maximum atomic E-state index is 12.4. The fraction of sp³-hybridized carbons (Fsp3) is 0.357. The van der Waals surface area contributed by atoms with Gasteiger partial charge in [0.15, 0.2) is 0 Å². The van der Waals surface area contributed by atoms with Crippen LogP contribution in [0.3, 0.4) is 0 Å². The van der Waals surface area contributed by atoms with Crippen LogP contribution in [-0.4, -0.2) is 17.4 Å². The Kier molecular flexibility index (Phi) is 3.75. The van der Waals surface area contributed by atoms with Crippen LogP contribution in [0.15, 0.2) is 41.7 Å². The van der Waals surface area contributed by atoms with E-state index in [1.165, 1.54) is 10.3 Å². The van der Waals surface area contributed by atoms with Crippen LogP contribution in [-0.2, 0) is 16.4 Å². The van der Waals surface area contributed by atoms with Crippen LogP contribution in [0, 0.1) is 12.8 Å². The van der Waals surface area contributed by atoms with Crippen molar-refractivity contribution in [3.8, 4) is 0 Å². The number of benzene rings is 1. The molecule has 0 radical (unpaired) electrons. The lowest BCUT2D eigenvalue weighted by molar-refractivity contribution is 0.587. The topological polar surface area (TPSA) is 52.0 Å². The standard InChI is InChI=1S/C14H18N2O2S/c1-11(2)8-13-9-16(10-15-13)19(17,18)14-6-4-12(3)5-7-14/h4-7,9-11H,8H2,1-3H3. The molecule has 0 spiro atoms. The molecule has 2 aromatic rings. The molecule has 0 unspecified atom stereocenters. The van der Waals surface area contributed by atoms with Gasteiger partial charge in [0.05, 0.1) is 10.6 Å². The molecule has 1 aromatic carbocycles. The fourth-order valence-corrected chi connectivity index (χ4v) is 2.99. The molecule has 1 aromatic heterocycles. The quantitative estimate of drug-likeness (QED) is 0.864. The predicted molar refractivity (Wildman–Crippen MR) is 74.5 cm³/mol. The molecule has 1 heterocycles. The van der Waals surface area contributed by atoms with E-state index in [0.717, 1.165) is 17.7 Å². The zero-order valence-corrected chi connectivity index (χ0v) is 12.2. The molecule has 0 aliphatic heterocycles. The molecule has 0 saturated heterocycles. The van der Waals surface area contributed by atoms with Gasteiger partial charge in [-0.1, -0.05) is 31.5 Å². The number of rotatable bonds is 4. The van der Waals surface area contributed by atoms with Crippen LogP contribution in [0.2, 0.25) is 0 Å². The van der Waals surface area contributed by atoms with Crippen LogP contribution >= 0.6 is 0 Å². The lowest BCUT2D eigenvalue weighted by Crippen LogP contribution is -2.11. The molecule has 2 rings (SSSR count). The van der Waals surface area contributed by atoms with Gasteiger partial charge in [0.2, 0.25) is 0 Å². The Hall–Kier alpha value is -1.62. The molecular weight excluding hydrogens is 260 g/mol. The Morgan fingerprint density at radius 3 is 2.42 bits per heavy atom. The number of hydrogen-bond donors (Lipinski definition) is 0. The molecule has 0 aliphatic carbocycles. The van der Waals surface area contributed by atoms with E-state index in [2.05, 4.69) is 18.8 Å². The van der Waals surface area contributed by atoms with Gasteiger partial charge in [0, 0.05) is 6.20 Å². The third kappa shape index (κ3) is 3.04. The van der Waals surface area contributed by atoms with Crippen molar-refractivity contribution in [2.24, 2.45) is 5.92 Å². The summed E-state index contributed by atoms with van der Waals surface area (Å²) < 4.78 is 25.9. The van der Waals surface area contributed by atoms with E-state index in [4.69, 9.17) is 0 Å². The second-order valence-corrected chi connectivity index (χ2v) is 6.95. The number of hydrogen-bond acceptors (Lipinski definition) is 3. The van der Waals surface area contributed by atoms with Crippen LogP contribution in [0.25, 0.3) is 0 Å². The summed E-state index contributed by atoms with van der Waals surface area (Å²) in [6.45, 7) is 6.08. The minimum Gasteiger partial charge on any atom is -0.241 e. The van der Waals surface area contributed by atoms with Crippen molar-refractivity contribution < 1.29 is 8.42 Å². The molecule has 19 heavy (non-hydrogen) atoms. The maximum Gasteiger partial charge on any atom is 0.268 e.